The van der Waals surface area contributed by atoms with Gasteiger partial charge in [-0.15, -0.1) is 0 Å². The number of sulfone groups is 1. The van der Waals surface area contributed by atoms with Gasteiger partial charge in [-0.2, -0.15) is 0 Å². The fraction of sp³-hybridized carbons (Fsp3) is 0.400. The number of carbonyl (C=O) groups is 1. The first-order chi connectivity index (χ1) is 7.41. The Kier molecular flexibility index (Phi) is 4.00. The minimum Gasteiger partial charge on any atom is -0.481 e. The molecule has 0 radical (unpaired) electrons. The van der Waals surface area contributed by atoms with Crippen LogP contribution in [-0.2, 0) is 20.4 Å². The highest BCUT2D eigenvalue weighted by Crippen LogP contribution is 2.08. The number of carboxylic acid groups (broad SMARTS) is 1. The van der Waals surface area contributed by atoms with Gasteiger partial charge >= 0.3 is 5.97 Å². The zero-order valence-electron chi connectivity index (χ0n) is 8.83. The third-order valence-electron chi connectivity index (χ3n) is 2.02. The van der Waals surface area contributed by atoms with E-state index >= 15 is 0 Å². The molecule has 0 amide bonds. The molecule has 0 aliphatic carbocycles. The summed E-state index contributed by atoms with van der Waals surface area (Å²) >= 11 is 0. The second-order valence-electron chi connectivity index (χ2n) is 3.61. The maximum absolute atomic E-state index is 11.6. The van der Waals surface area contributed by atoms with Gasteiger partial charge in [0.1, 0.15) is 0 Å². The van der Waals surface area contributed by atoms with Gasteiger partial charge in [0.25, 0.3) is 0 Å². The number of hydrogen-bond donors (Lipinski definition) is 1. The van der Waals surface area contributed by atoms with Crippen molar-refractivity contribution in [2.75, 3.05) is 5.75 Å². The lowest BCUT2D eigenvalue weighted by atomic mass is 10.2. The molecule has 0 aliphatic heterocycles. The molecule has 1 aromatic rings. The molecule has 0 aromatic carbocycles. The Morgan fingerprint density at radius 2 is 2.19 bits per heavy atom. The number of aliphatic carboxylic acids is 1. The van der Waals surface area contributed by atoms with E-state index in [-0.39, 0.29) is 11.5 Å². The first kappa shape index (κ1) is 12.6. The van der Waals surface area contributed by atoms with Gasteiger partial charge in [0.15, 0.2) is 9.84 Å². The molecule has 88 valence electrons. The third kappa shape index (κ3) is 3.98. The van der Waals surface area contributed by atoms with Crippen molar-refractivity contribution in [2.45, 2.75) is 12.7 Å². The summed E-state index contributed by atoms with van der Waals surface area (Å²) in [7, 11) is -3.42. The summed E-state index contributed by atoms with van der Waals surface area (Å²) in [6.07, 6.45) is 1.51. The van der Waals surface area contributed by atoms with Gasteiger partial charge < -0.3 is 5.11 Å². The predicted molar refractivity (Wildman–Crippen MR) is 58.5 cm³/mol. The zero-order chi connectivity index (χ0) is 12.2. The van der Waals surface area contributed by atoms with Crippen LogP contribution < -0.4 is 0 Å². The Morgan fingerprint density at radius 1 is 1.50 bits per heavy atom. The van der Waals surface area contributed by atoms with Crippen molar-refractivity contribution in [3.63, 3.8) is 0 Å². The molecular weight excluding hydrogens is 230 g/mol. The fourth-order valence-electron chi connectivity index (χ4n) is 1.22. The summed E-state index contributed by atoms with van der Waals surface area (Å²) in [5, 5.41) is 8.63. The van der Waals surface area contributed by atoms with Gasteiger partial charge in [-0.25, -0.2) is 8.42 Å². The topological polar surface area (TPSA) is 84.3 Å². The predicted octanol–water partition coefficient (Wildman–Crippen LogP) is 0.717. The Labute approximate surface area is 94.1 Å². The van der Waals surface area contributed by atoms with Crippen molar-refractivity contribution in [3.8, 4) is 0 Å². The molecule has 16 heavy (non-hydrogen) atoms. The van der Waals surface area contributed by atoms with E-state index in [1.807, 2.05) is 0 Å². The maximum atomic E-state index is 11.6. The molecule has 1 unspecified atom stereocenters. The van der Waals surface area contributed by atoms with Crippen molar-refractivity contribution >= 4 is 15.8 Å². The third-order valence-corrected chi connectivity index (χ3v) is 3.76. The molecule has 0 spiro atoms. The monoisotopic (exact) mass is 243 g/mol. The standard InChI is InChI=1S/C10H13NO4S/c1-8(10(12)13)6-16(14,15)7-9-4-2-3-5-11-9/h2-5,8H,6-7H2,1H3,(H,12,13). The van der Waals surface area contributed by atoms with E-state index in [2.05, 4.69) is 4.98 Å². The van der Waals surface area contributed by atoms with Gasteiger partial charge in [-0.05, 0) is 12.1 Å². The SMILES string of the molecule is CC(CS(=O)(=O)Cc1ccccn1)C(=O)O. The van der Waals surface area contributed by atoms with Crippen LogP contribution in [0.15, 0.2) is 24.4 Å². The van der Waals surface area contributed by atoms with Crippen LogP contribution >= 0.6 is 0 Å². The highest BCUT2D eigenvalue weighted by molar-refractivity contribution is 7.90. The number of pyridine rings is 1. The van der Waals surface area contributed by atoms with Crippen LogP contribution in [0, 0.1) is 5.92 Å². The van der Waals surface area contributed by atoms with Crippen molar-refractivity contribution in [1.29, 1.82) is 0 Å². The van der Waals surface area contributed by atoms with E-state index in [9.17, 15) is 13.2 Å². The zero-order valence-corrected chi connectivity index (χ0v) is 9.64. The quantitative estimate of drug-likeness (QED) is 0.823. The lowest BCUT2D eigenvalue weighted by Crippen LogP contribution is -2.22. The van der Waals surface area contributed by atoms with Gasteiger partial charge in [-0.3, -0.25) is 9.78 Å². The van der Waals surface area contributed by atoms with E-state index in [4.69, 9.17) is 5.11 Å². The summed E-state index contributed by atoms with van der Waals surface area (Å²) in [6.45, 7) is 1.37. The second kappa shape index (κ2) is 5.07. The van der Waals surface area contributed by atoms with E-state index in [1.54, 1.807) is 18.2 Å². The molecule has 1 atom stereocenters. The van der Waals surface area contributed by atoms with Gasteiger partial charge in [0, 0.05) is 6.20 Å². The molecule has 5 nitrogen and oxygen atoms in total. The van der Waals surface area contributed by atoms with Gasteiger partial charge in [0.2, 0.25) is 0 Å². The highest BCUT2D eigenvalue weighted by Gasteiger charge is 2.21. The smallest absolute Gasteiger partial charge is 0.307 e. The van der Waals surface area contributed by atoms with Crippen LogP contribution in [0.4, 0.5) is 0 Å². The molecule has 6 heteroatoms. The molecule has 0 bridgehead atoms. The van der Waals surface area contributed by atoms with E-state index in [1.165, 1.54) is 13.1 Å². The lowest BCUT2D eigenvalue weighted by molar-refractivity contribution is -0.140. The van der Waals surface area contributed by atoms with Gasteiger partial charge in [-0.1, -0.05) is 13.0 Å². The Hall–Kier alpha value is -1.43. The number of nitrogens with zero attached hydrogens (tertiary/aromatic N) is 1. The minimum atomic E-state index is -3.42. The summed E-state index contributed by atoms with van der Waals surface area (Å²) in [6, 6.07) is 4.98. The van der Waals surface area contributed by atoms with E-state index < -0.39 is 21.7 Å². The summed E-state index contributed by atoms with van der Waals surface area (Å²) in [4.78, 5) is 14.4. The first-order valence-corrected chi connectivity index (χ1v) is 6.56. The number of rotatable bonds is 5. The molecule has 1 rings (SSSR count). The molecule has 0 saturated carbocycles. The molecule has 1 aromatic heterocycles. The molecule has 0 saturated heterocycles. The fourth-order valence-corrected chi connectivity index (χ4v) is 2.86. The number of carboxylic acids is 1. The van der Waals surface area contributed by atoms with Crippen LogP contribution in [-0.4, -0.2) is 30.2 Å². The Bertz CT molecular complexity index is 455. The van der Waals surface area contributed by atoms with E-state index in [0.29, 0.717) is 5.69 Å². The lowest BCUT2D eigenvalue weighted by Gasteiger charge is -2.07. The summed E-state index contributed by atoms with van der Waals surface area (Å²) < 4.78 is 23.2. The molecule has 1 N–H and O–H groups in total. The largest absolute Gasteiger partial charge is 0.481 e. The van der Waals surface area contributed by atoms with Crippen LogP contribution in [0.5, 0.6) is 0 Å². The Morgan fingerprint density at radius 3 is 2.69 bits per heavy atom. The number of aromatic nitrogens is 1. The van der Waals surface area contributed by atoms with Crippen LogP contribution in [0.2, 0.25) is 0 Å². The molecule has 0 fully saturated rings. The van der Waals surface area contributed by atoms with E-state index in [0.717, 1.165) is 0 Å². The van der Waals surface area contributed by atoms with Crippen LogP contribution in [0.1, 0.15) is 12.6 Å². The van der Waals surface area contributed by atoms with Crippen molar-refractivity contribution in [1.82, 2.24) is 4.98 Å². The average molecular weight is 243 g/mol. The van der Waals surface area contributed by atoms with Crippen molar-refractivity contribution in [3.05, 3.63) is 30.1 Å². The number of hydrogen-bond acceptors (Lipinski definition) is 4. The normalized spacial score (nSPS) is 13.3. The minimum absolute atomic E-state index is 0.217. The average Bonchev–Trinajstić information content (AvgIpc) is 2.17. The molecule has 0 aliphatic rings. The maximum Gasteiger partial charge on any atom is 0.307 e. The van der Waals surface area contributed by atoms with Crippen LogP contribution in [0.25, 0.3) is 0 Å². The van der Waals surface area contributed by atoms with Crippen LogP contribution in [0.3, 0.4) is 0 Å². The van der Waals surface area contributed by atoms with Gasteiger partial charge in [0.05, 0.1) is 23.1 Å². The van der Waals surface area contributed by atoms with Crippen molar-refractivity contribution < 1.29 is 18.3 Å². The highest BCUT2D eigenvalue weighted by atomic mass is 32.2. The summed E-state index contributed by atoms with van der Waals surface area (Å²) in [5.41, 5.74) is 0.431. The second-order valence-corrected chi connectivity index (χ2v) is 5.72. The summed E-state index contributed by atoms with van der Waals surface area (Å²) in [5.74, 6) is -2.58. The molecular formula is C10H13NO4S. The first-order valence-electron chi connectivity index (χ1n) is 4.74. The molecule has 1 heterocycles. The Balaban J connectivity index is 2.70. The van der Waals surface area contributed by atoms with Crippen molar-refractivity contribution in [2.24, 2.45) is 5.92 Å².